The molecule has 1 atom stereocenters. The molecule has 0 aliphatic heterocycles. The number of sulfone groups is 1. The van der Waals surface area contributed by atoms with Crippen molar-refractivity contribution in [2.45, 2.75) is 13.8 Å². The highest BCUT2D eigenvalue weighted by Gasteiger charge is 2.17. The van der Waals surface area contributed by atoms with Crippen LogP contribution < -0.4 is 5.32 Å². The van der Waals surface area contributed by atoms with Crippen LogP contribution in [0.3, 0.4) is 0 Å². The highest BCUT2D eigenvalue weighted by Crippen LogP contribution is 1.98. The van der Waals surface area contributed by atoms with Crippen molar-refractivity contribution >= 4 is 21.8 Å². The molecule has 18 heavy (non-hydrogen) atoms. The Morgan fingerprint density at radius 3 is 2.39 bits per heavy atom. The highest BCUT2D eigenvalue weighted by molar-refractivity contribution is 7.91. The molecule has 8 heteroatoms. The molecule has 2 amide bonds. The summed E-state index contributed by atoms with van der Waals surface area (Å²) in [6.45, 7) is 3.13. The van der Waals surface area contributed by atoms with Gasteiger partial charge >= 0.3 is 12.0 Å². The van der Waals surface area contributed by atoms with E-state index in [4.69, 9.17) is 5.11 Å². The number of carboxylic acid groups (broad SMARTS) is 1. The zero-order valence-corrected chi connectivity index (χ0v) is 11.7. The molecular formula is C10H20N2O5S. The molecular weight excluding hydrogens is 260 g/mol. The van der Waals surface area contributed by atoms with E-state index >= 15 is 0 Å². The Bertz CT molecular complexity index is 393. The first-order valence-electron chi connectivity index (χ1n) is 5.61. The Labute approximate surface area is 107 Å². The van der Waals surface area contributed by atoms with Gasteiger partial charge in [0.25, 0.3) is 0 Å². The standard InChI is InChI=1S/C10H20N2O5S/c1-4-18(16,17)6-5-11-10(15)12(3)7-8(2)9(13)14/h8H,4-7H2,1-3H3,(H,11,15)(H,13,14). The van der Waals surface area contributed by atoms with Crippen molar-refractivity contribution in [1.82, 2.24) is 10.2 Å². The van der Waals surface area contributed by atoms with Crippen LogP contribution in [0.4, 0.5) is 4.79 Å². The Hall–Kier alpha value is -1.31. The normalized spacial score (nSPS) is 12.8. The van der Waals surface area contributed by atoms with Crippen LogP contribution in [0.2, 0.25) is 0 Å². The Morgan fingerprint density at radius 1 is 1.39 bits per heavy atom. The summed E-state index contributed by atoms with van der Waals surface area (Å²) < 4.78 is 22.4. The molecule has 0 aromatic rings. The molecule has 0 rings (SSSR count). The SMILES string of the molecule is CCS(=O)(=O)CCNC(=O)N(C)CC(C)C(=O)O. The van der Waals surface area contributed by atoms with E-state index in [0.29, 0.717) is 0 Å². The van der Waals surface area contributed by atoms with Gasteiger partial charge in [0.1, 0.15) is 0 Å². The van der Waals surface area contributed by atoms with Crippen LogP contribution in [0.5, 0.6) is 0 Å². The van der Waals surface area contributed by atoms with Crippen LogP contribution in [-0.2, 0) is 14.6 Å². The van der Waals surface area contributed by atoms with E-state index in [-0.39, 0.29) is 24.6 Å². The zero-order chi connectivity index (χ0) is 14.3. The molecule has 0 radical (unpaired) electrons. The molecule has 0 saturated carbocycles. The molecule has 0 aliphatic rings. The monoisotopic (exact) mass is 280 g/mol. The van der Waals surface area contributed by atoms with Crippen molar-refractivity contribution in [3.05, 3.63) is 0 Å². The largest absolute Gasteiger partial charge is 0.481 e. The van der Waals surface area contributed by atoms with Gasteiger partial charge < -0.3 is 15.3 Å². The van der Waals surface area contributed by atoms with E-state index in [1.165, 1.54) is 25.8 Å². The topological polar surface area (TPSA) is 104 Å². The summed E-state index contributed by atoms with van der Waals surface area (Å²) in [6, 6.07) is -0.477. The first-order valence-corrected chi connectivity index (χ1v) is 7.44. The van der Waals surface area contributed by atoms with Crippen molar-refractivity contribution in [1.29, 1.82) is 0 Å². The molecule has 0 bridgehead atoms. The molecule has 0 fully saturated rings. The van der Waals surface area contributed by atoms with Crippen molar-refractivity contribution in [2.24, 2.45) is 5.92 Å². The Balaban J connectivity index is 4.07. The molecule has 0 spiro atoms. The molecule has 0 aromatic carbocycles. The van der Waals surface area contributed by atoms with Crippen molar-refractivity contribution < 1.29 is 23.1 Å². The van der Waals surface area contributed by atoms with Gasteiger partial charge in [-0.2, -0.15) is 0 Å². The van der Waals surface area contributed by atoms with Crippen LogP contribution in [0.1, 0.15) is 13.8 Å². The molecule has 0 aliphatic carbocycles. The maximum atomic E-state index is 11.5. The molecule has 7 nitrogen and oxygen atoms in total. The average molecular weight is 280 g/mol. The second kappa shape index (κ2) is 7.20. The molecule has 2 N–H and O–H groups in total. The molecule has 106 valence electrons. The number of urea groups is 1. The van der Waals surface area contributed by atoms with Crippen LogP contribution >= 0.6 is 0 Å². The third kappa shape index (κ3) is 6.43. The molecule has 0 heterocycles. The minimum atomic E-state index is -3.10. The summed E-state index contributed by atoms with van der Waals surface area (Å²) in [4.78, 5) is 23.3. The van der Waals surface area contributed by atoms with Crippen molar-refractivity contribution in [3.8, 4) is 0 Å². The van der Waals surface area contributed by atoms with E-state index in [0.717, 1.165) is 0 Å². The van der Waals surface area contributed by atoms with E-state index < -0.39 is 27.8 Å². The number of amides is 2. The summed E-state index contributed by atoms with van der Waals surface area (Å²) >= 11 is 0. The number of carboxylic acids is 1. The van der Waals surface area contributed by atoms with Crippen molar-refractivity contribution in [2.75, 3.05) is 31.6 Å². The minimum Gasteiger partial charge on any atom is -0.481 e. The number of rotatable bonds is 7. The predicted molar refractivity (Wildman–Crippen MR) is 67.2 cm³/mol. The quantitative estimate of drug-likeness (QED) is 0.671. The van der Waals surface area contributed by atoms with Gasteiger partial charge in [-0.3, -0.25) is 4.79 Å². The third-order valence-corrected chi connectivity index (χ3v) is 4.15. The number of carbonyl (C=O) groups is 2. The lowest BCUT2D eigenvalue weighted by Crippen LogP contribution is -2.42. The predicted octanol–water partition coefficient (Wildman–Crippen LogP) is -0.217. The molecule has 0 aromatic heterocycles. The first kappa shape index (κ1) is 16.7. The fourth-order valence-corrected chi connectivity index (χ4v) is 1.87. The van der Waals surface area contributed by atoms with E-state index in [9.17, 15) is 18.0 Å². The fourth-order valence-electron chi connectivity index (χ4n) is 1.16. The number of nitrogens with one attached hydrogen (secondary N) is 1. The number of carbonyl (C=O) groups excluding carboxylic acids is 1. The van der Waals surface area contributed by atoms with Crippen LogP contribution in [-0.4, -0.2) is 62.1 Å². The number of aliphatic carboxylic acids is 1. The second-order valence-corrected chi connectivity index (χ2v) is 6.56. The van der Waals surface area contributed by atoms with Gasteiger partial charge in [-0.15, -0.1) is 0 Å². The summed E-state index contributed by atoms with van der Waals surface area (Å²) in [5.41, 5.74) is 0. The lowest BCUT2D eigenvalue weighted by atomic mass is 10.2. The van der Waals surface area contributed by atoms with Gasteiger partial charge in [-0.05, 0) is 0 Å². The van der Waals surface area contributed by atoms with E-state index in [1.54, 1.807) is 0 Å². The smallest absolute Gasteiger partial charge is 0.317 e. The van der Waals surface area contributed by atoms with Crippen LogP contribution in [0.25, 0.3) is 0 Å². The maximum absolute atomic E-state index is 11.5. The number of hydrogen-bond donors (Lipinski definition) is 2. The van der Waals surface area contributed by atoms with E-state index in [2.05, 4.69) is 5.32 Å². The number of nitrogens with zero attached hydrogens (tertiary/aromatic N) is 1. The lowest BCUT2D eigenvalue weighted by Gasteiger charge is -2.19. The lowest BCUT2D eigenvalue weighted by molar-refractivity contribution is -0.141. The van der Waals surface area contributed by atoms with Gasteiger partial charge in [0, 0.05) is 25.9 Å². The van der Waals surface area contributed by atoms with Crippen LogP contribution in [0.15, 0.2) is 0 Å². The van der Waals surface area contributed by atoms with Gasteiger partial charge in [-0.25, -0.2) is 13.2 Å². The Kier molecular flexibility index (Phi) is 6.67. The van der Waals surface area contributed by atoms with Gasteiger partial charge in [0.2, 0.25) is 0 Å². The maximum Gasteiger partial charge on any atom is 0.317 e. The van der Waals surface area contributed by atoms with Gasteiger partial charge in [0.05, 0.1) is 11.7 Å². The van der Waals surface area contributed by atoms with Gasteiger partial charge in [-0.1, -0.05) is 13.8 Å². The second-order valence-electron chi connectivity index (χ2n) is 4.09. The zero-order valence-electron chi connectivity index (χ0n) is 10.8. The van der Waals surface area contributed by atoms with Gasteiger partial charge in [0.15, 0.2) is 9.84 Å². The minimum absolute atomic E-state index is 0.0286. The third-order valence-electron chi connectivity index (χ3n) is 2.45. The van der Waals surface area contributed by atoms with Crippen molar-refractivity contribution in [3.63, 3.8) is 0 Å². The Morgan fingerprint density at radius 2 is 1.94 bits per heavy atom. The summed E-state index contributed by atoms with van der Waals surface area (Å²) in [6.07, 6.45) is 0. The average Bonchev–Trinajstić information content (AvgIpc) is 2.28. The fraction of sp³-hybridized carbons (Fsp3) is 0.800. The summed E-state index contributed by atoms with van der Waals surface area (Å²) in [5, 5.41) is 11.1. The summed E-state index contributed by atoms with van der Waals surface area (Å²) in [7, 11) is -1.64. The molecule has 0 saturated heterocycles. The van der Waals surface area contributed by atoms with Crippen LogP contribution in [0, 0.1) is 5.92 Å². The molecule has 1 unspecified atom stereocenters. The highest BCUT2D eigenvalue weighted by atomic mass is 32.2. The number of hydrogen-bond acceptors (Lipinski definition) is 4. The van der Waals surface area contributed by atoms with E-state index in [1.807, 2.05) is 0 Å². The summed E-state index contributed by atoms with van der Waals surface area (Å²) in [5.74, 6) is -1.73. The first-order chi connectivity index (χ1) is 8.19.